The second kappa shape index (κ2) is 7.03. The predicted octanol–water partition coefficient (Wildman–Crippen LogP) is 4.75. The molecular weight excluding hydrogens is 344 g/mol. The number of aliphatic carboxylic acids is 1. The number of ether oxygens (including phenoxy) is 3. The highest BCUT2D eigenvalue weighted by Gasteiger charge is 2.38. The second-order valence-corrected chi connectivity index (χ2v) is 6.35. The molecular formula is C22H18O5. The molecule has 2 atom stereocenters. The molecule has 0 fully saturated rings. The van der Waals surface area contributed by atoms with Crippen LogP contribution in [0, 0.1) is 6.92 Å². The van der Waals surface area contributed by atoms with Gasteiger partial charge in [0, 0.05) is 0 Å². The van der Waals surface area contributed by atoms with Gasteiger partial charge < -0.3 is 19.3 Å². The van der Waals surface area contributed by atoms with E-state index in [1.54, 1.807) is 42.5 Å². The Kier molecular flexibility index (Phi) is 4.42. The molecule has 0 spiro atoms. The first-order valence-electron chi connectivity index (χ1n) is 8.60. The molecule has 5 heteroatoms. The van der Waals surface area contributed by atoms with Gasteiger partial charge in [-0.3, -0.25) is 0 Å². The SMILES string of the molecule is Cc1ccc(Oc2ccc(C3Oc4ccccc4OC3C(=O)O)cc2)cc1. The van der Waals surface area contributed by atoms with Crippen molar-refractivity contribution in [1.29, 1.82) is 0 Å². The number of rotatable bonds is 4. The van der Waals surface area contributed by atoms with Crippen molar-refractivity contribution >= 4 is 5.97 Å². The summed E-state index contributed by atoms with van der Waals surface area (Å²) in [6.45, 7) is 2.02. The van der Waals surface area contributed by atoms with Crippen molar-refractivity contribution in [2.24, 2.45) is 0 Å². The van der Waals surface area contributed by atoms with Gasteiger partial charge in [-0.25, -0.2) is 4.79 Å². The van der Waals surface area contributed by atoms with E-state index in [0.717, 1.165) is 11.3 Å². The van der Waals surface area contributed by atoms with Gasteiger partial charge in [0.15, 0.2) is 17.6 Å². The van der Waals surface area contributed by atoms with E-state index >= 15 is 0 Å². The average Bonchev–Trinajstić information content (AvgIpc) is 2.69. The number of hydrogen-bond acceptors (Lipinski definition) is 4. The number of carboxylic acids is 1. The molecule has 27 heavy (non-hydrogen) atoms. The molecule has 1 N–H and O–H groups in total. The van der Waals surface area contributed by atoms with Crippen LogP contribution in [0.15, 0.2) is 72.8 Å². The molecule has 1 heterocycles. The first-order chi connectivity index (χ1) is 13.1. The highest BCUT2D eigenvalue weighted by molar-refractivity contribution is 5.75. The third kappa shape index (κ3) is 3.58. The Hall–Kier alpha value is -3.47. The molecule has 3 aromatic rings. The second-order valence-electron chi connectivity index (χ2n) is 6.35. The normalized spacial score (nSPS) is 18.0. The van der Waals surface area contributed by atoms with Crippen LogP contribution in [0.4, 0.5) is 0 Å². The molecule has 3 aromatic carbocycles. The lowest BCUT2D eigenvalue weighted by molar-refractivity contribution is -0.151. The van der Waals surface area contributed by atoms with Crippen LogP contribution in [0.5, 0.6) is 23.0 Å². The zero-order valence-corrected chi connectivity index (χ0v) is 14.7. The highest BCUT2D eigenvalue weighted by atomic mass is 16.6. The lowest BCUT2D eigenvalue weighted by atomic mass is 10.0. The molecule has 2 unspecified atom stereocenters. The number of hydrogen-bond donors (Lipinski definition) is 1. The van der Waals surface area contributed by atoms with Gasteiger partial charge in [0.2, 0.25) is 6.10 Å². The molecule has 5 nitrogen and oxygen atoms in total. The maximum absolute atomic E-state index is 11.7. The van der Waals surface area contributed by atoms with Crippen molar-refractivity contribution in [3.8, 4) is 23.0 Å². The van der Waals surface area contributed by atoms with Gasteiger partial charge in [0.25, 0.3) is 0 Å². The van der Waals surface area contributed by atoms with Crippen molar-refractivity contribution in [1.82, 2.24) is 0 Å². The number of aryl methyl sites for hydroxylation is 1. The van der Waals surface area contributed by atoms with Crippen LogP contribution in [-0.4, -0.2) is 17.2 Å². The standard InChI is InChI=1S/C22H18O5/c1-14-6-10-16(11-7-14)25-17-12-8-15(9-13-17)20-21(22(23)24)27-19-5-3-2-4-18(19)26-20/h2-13,20-21H,1H3,(H,23,24). The Bertz CT molecular complexity index is 947. The Labute approximate surface area is 156 Å². The maximum atomic E-state index is 11.7. The summed E-state index contributed by atoms with van der Waals surface area (Å²) in [5.41, 5.74) is 1.86. The van der Waals surface area contributed by atoms with Crippen LogP contribution in [0.25, 0.3) is 0 Å². The smallest absolute Gasteiger partial charge is 0.349 e. The van der Waals surface area contributed by atoms with Crippen molar-refractivity contribution in [3.05, 3.63) is 83.9 Å². The number of fused-ring (bicyclic) bond motifs is 1. The van der Waals surface area contributed by atoms with Gasteiger partial charge in [0.05, 0.1) is 0 Å². The van der Waals surface area contributed by atoms with E-state index in [9.17, 15) is 9.90 Å². The summed E-state index contributed by atoms with van der Waals surface area (Å²) in [4.78, 5) is 11.7. The van der Waals surface area contributed by atoms with Crippen LogP contribution in [0.3, 0.4) is 0 Å². The molecule has 0 saturated heterocycles. The van der Waals surface area contributed by atoms with Crippen molar-refractivity contribution in [2.75, 3.05) is 0 Å². The summed E-state index contributed by atoms with van der Waals surface area (Å²) in [6, 6.07) is 22.0. The van der Waals surface area contributed by atoms with E-state index in [1.165, 1.54) is 0 Å². The molecule has 0 radical (unpaired) electrons. The fraction of sp³-hybridized carbons (Fsp3) is 0.136. The Morgan fingerprint density at radius 2 is 1.41 bits per heavy atom. The lowest BCUT2D eigenvalue weighted by Crippen LogP contribution is -2.39. The van der Waals surface area contributed by atoms with Crippen LogP contribution in [-0.2, 0) is 4.79 Å². The predicted molar refractivity (Wildman–Crippen MR) is 99.6 cm³/mol. The number of carboxylic acid groups (broad SMARTS) is 1. The van der Waals surface area contributed by atoms with E-state index in [-0.39, 0.29) is 0 Å². The first-order valence-corrected chi connectivity index (χ1v) is 8.60. The third-order valence-electron chi connectivity index (χ3n) is 4.34. The monoisotopic (exact) mass is 362 g/mol. The summed E-state index contributed by atoms with van der Waals surface area (Å²) >= 11 is 0. The molecule has 0 amide bonds. The minimum atomic E-state index is -1.12. The maximum Gasteiger partial charge on any atom is 0.349 e. The topological polar surface area (TPSA) is 65.0 Å². The van der Waals surface area contributed by atoms with E-state index < -0.39 is 18.2 Å². The summed E-state index contributed by atoms with van der Waals surface area (Å²) in [5, 5.41) is 9.54. The van der Waals surface area contributed by atoms with E-state index in [4.69, 9.17) is 14.2 Å². The molecule has 0 aromatic heterocycles. The number of carbonyl (C=O) groups is 1. The average molecular weight is 362 g/mol. The van der Waals surface area contributed by atoms with Gasteiger partial charge >= 0.3 is 5.97 Å². The van der Waals surface area contributed by atoms with Crippen LogP contribution < -0.4 is 14.2 Å². The van der Waals surface area contributed by atoms with Crippen molar-refractivity contribution in [3.63, 3.8) is 0 Å². The van der Waals surface area contributed by atoms with Gasteiger partial charge in [-0.1, -0.05) is 42.0 Å². The van der Waals surface area contributed by atoms with Gasteiger partial charge in [-0.15, -0.1) is 0 Å². The zero-order chi connectivity index (χ0) is 18.8. The van der Waals surface area contributed by atoms with Crippen LogP contribution >= 0.6 is 0 Å². The molecule has 4 rings (SSSR count). The Morgan fingerprint density at radius 3 is 2.00 bits per heavy atom. The van der Waals surface area contributed by atoms with Crippen molar-refractivity contribution < 1.29 is 24.1 Å². The van der Waals surface area contributed by atoms with E-state index in [2.05, 4.69) is 0 Å². The van der Waals surface area contributed by atoms with Gasteiger partial charge in [-0.05, 0) is 48.9 Å². The minimum absolute atomic E-state index is 0.431. The highest BCUT2D eigenvalue weighted by Crippen LogP contribution is 2.39. The molecule has 1 aliphatic rings. The summed E-state index contributed by atoms with van der Waals surface area (Å²) in [6.07, 6.45) is -1.87. The molecule has 0 aliphatic carbocycles. The third-order valence-corrected chi connectivity index (χ3v) is 4.34. The summed E-state index contributed by atoms with van der Waals surface area (Å²) < 4.78 is 17.4. The quantitative estimate of drug-likeness (QED) is 0.725. The number of benzene rings is 3. The fourth-order valence-electron chi connectivity index (χ4n) is 2.93. The number of para-hydroxylation sites is 2. The lowest BCUT2D eigenvalue weighted by Gasteiger charge is -2.31. The molecule has 136 valence electrons. The molecule has 1 aliphatic heterocycles. The van der Waals surface area contributed by atoms with Crippen LogP contribution in [0.2, 0.25) is 0 Å². The van der Waals surface area contributed by atoms with E-state index in [1.807, 2.05) is 37.3 Å². The van der Waals surface area contributed by atoms with E-state index in [0.29, 0.717) is 22.8 Å². The largest absolute Gasteiger partial charge is 0.478 e. The summed E-state index contributed by atoms with van der Waals surface area (Å²) in [7, 11) is 0. The van der Waals surface area contributed by atoms with Crippen LogP contribution in [0.1, 0.15) is 17.2 Å². The fourth-order valence-corrected chi connectivity index (χ4v) is 2.93. The Morgan fingerprint density at radius 1 is 0.852 bits per heavy atom. The first kappa shape index (κ1) is 17.0. The Balaban J connectivity index is 1.56. The summed E-state index contributed by atoms with van der Waals surface area (Å²) in [5.74, 6) is 1.28. The molecule has 0 bridgehead atoms. The zero-order valence-electron chi connectivity index (χ0n) is 14.7. The van der Waals surface area contributed by atoms with Gasteiger partial charge in [0.1, 0.15) is 11.5 Å². The van der Waals surface area contributed by atoms with Gasteiger partial charge in [-0.2, -0.15) is 0 Å². The minimum Gasteiger partial charge on any atom is -0.478 e. The van der Waals surface area contributed by atoms with Crippen molar-refractivity contribution in [2.45, 2.75) is 19.1 Å². The molecule has 0 saturated carbocycles.